The van der Waals surface area contributed by atoms with Crippen molar-refractivity contribution < 1.29 is 9.84 Å². The Balaban J connectivity index is 2.32. The normalized spacial score (nSPS) is 29.1. The Morgan fingerprint density at radius 3 is 2.91 bits per heavy atom. The lowest BCUT2D eigenvalue weighted by Crippen LogP contribution is -2.30. The summed E-state index contributed by atoms with van der Waals surface area (Å²) in [5.74, 6) is 0. The van der Waals surface area contributed by atoms with Crippen LogP contribution >= 0.6 is 11.6 Å². The largest absolute Gasteiger partial charge is 0.386 e. The third-order valence-electron chi connectivity index (χ3n) is 1.87. The molecule has 0 aromatic heterocycles. The summed E-state index contributed by atoms with van der Waals surface area (Å²) in [4.78, 5) is 0. The van der Waals surface area contributed by atoms with Gasteiger partial charge in [0.15, 0.2) is 0 Å². The second-order valence-electron chi connectivity index (χ2n) is 2.71. The highest BCUT2D eigenvalue weighted by molar-refractivity contribution is 6.25. The Labute approximate surface area is 71.8 Å². The Bertz CT molecular complexity index is 130. The minimum atomic E-state index is -0.534. The summed E-state index contributed by atoms with van der Waals surface area (Å²) in [7, 11) is 0. The van der Waals surface area contributed by atoms with Crippen LogP contribution in [0.3, 0.4) is 0 Å². The van der Waals surface area contributed by atoms with Crippen molar-refractivity contribution >= 4 is 11.6 Å². The van der Waals surface area contributed by atoms with Crippen molar-refractivity contribution in [2.45, 2.75) is 31.5 Å². The maximum Gasteiger partial charge on any atom is 0.0994 e. The van der Waals surface area contributed by atoms with Gasteiger partial charge < -0.3 is 9.84 Å². The van der Waals surface area contributed by atoms with Crippen molar-refractivity contribution in [2.24, 2.45) is 0 Å². The van der Waals surface area contributed by atoms with E-state index in [4.69, 9.17) is 16.3 Å². The summed E-state index contributed by atoms with van der Waals surface area (Å²) >= 11 is 5.32. The summed E-state index contributed by atoms with van der Waals surface area (Å²) in [6.45, 7) is 0.762. The fraction of sp³-hybridized carbons (Fsp3) is 0.750. The number of ether oxygens (including phenoxy) is 1. The molecule has 0 saturated carbocycles. The van der Waals surface area contributed by atoms with E-state index in [0.29, 0.717) is 0 Å². The van der Waals surface area contributed by atoms with E-state index in [1.165, 1.54) is 5.54 Å². The van der Waals surface area contributed by atoms with Crippen LogP contribution in [0.25, 0.3) is 0 Å². The van der Waals surface area contributed by atoms with Gasteiger partial charge in [-0.25, -0.2) is 0 Å². The van der Waals surface area contributed by atoms with Gasteiger partial charge in [0.25, 0.3) is 0 Å². The topological polar surface area (TPSA) is 29.5 Å². The molecule has 2 nitrogen and oxygen atoms in total. The molecule has 64 valence electrons. The van der Waals surface area contributed by atoms with Gasteiger partial charge in [0.2, 0.25) is 0 Å². The van der Waals surface area contributed by atoms with Crippen LogP contribution in [-0.2, 0) is 4.74 Å². The molecule has 2 atom stereocenters. The molecule has 1 aliphatic heterocycles. The number of hydrogen-bond acceptors (Lipinski definition) is 2. The third kappa shape index (κ3) is 2.81. The number of aliphatic hydroxyl groups excluding tert-OH is 1. The first kappa shape index (κ1) is 9.04. The number of rotatable bonds is 2. The van der Waals surface area contributed by atoms with Gasteiger partial charge in [-0.2, -0.15) is 0 Å². The second kappa shape index (κ2) is 4.75. The van der Waals surface area contributed by atoms with Gasteiger partial charge in [0.1, 0.15) is 0 Å². The maximum absolute atomic E-state index is 9.38. The molecule has 11 heavy (non-hydrogen) atoms. The lowest BCUT2D eigenvalue weighted by atomic mass is 10.0. The van der Waals surface area contributed by atoms with E-state index in [1.54, 1.807) is 6.08 Å². The minimum absolute atomic E-state index is 0.0428. The molecule has 0 aliphatic carbocycles. The molecule has 0 spiro atoms. The van der Waals surface area contributed by atoms with Gasteiger partial charge in [0, 0.05) is 12.1 Å². The second-order valence-corrected chi connectivity index (χ2v) is 2.97. The zero-order valence-electron chi connectivity index (χ0n) is 6.37. The van der Waals surface area contributed by atoms with E-state index >= 15 is 0 Å². The molecule has 0 aromatic carbocycles. The van der Waals surface area contributed by atoms with E-state index in [0.717, 1.165) is 25.9 Å². The lowest BCUT2D eigenvalue weighted by molar-refractivity contribution is -0.0440. The molecule has 1 aliphatic rings. The van der Waals surface area contributed by atoms with E-state index in [9.17, 15) is 5.11 Å². The van der Waals surface area contributed by atoms with Crippen LogP contribution in [0.15, 0.2) is 11.6 Å². The molecule has 0 amide bonds. The molecule has 1 heterocycles. The zero-order chi connectivity index (χ0) is 8.10. The molecule has 0 radical (unpaired) electrons. The average Bonchev–Trinajstić information content (AvgIpc) is 2.07. The summed E-state index contributed by atoms with van der Waals surface area (Å²) in [5.41, 5.74) is 1.34. The van der Waals surface area contributed by atoms with Crippen molar-refractivity contribution in [3.63, 3.8) is 0 Å². The first-order valence-corrected chi connectivity index (χ1v) is 4.35. The smallest absolute Gasteiger partial charge is 0.0994 e. The monoisotopic (exact) mass is 176 g/mol. The molecule has 3 heteroatoms. The highest BCUT2D eigenvalue weighted by atomic mass is 35.5. The standard InChI is InChI=1S/C8H13ClO2/c9-5-4-7(10)8-3-1-2-6-11-8/h4-5,7-8,10H,1-3,6H2/b5-4+. The van der Waals surface area contributed by atoms with Gasteiger partial charge in [-0.15, -0.1) is 0 Å². The Morgan fingerprint density at radius 1 is 1.55 bits per heavy atom. The van der Waals surface area contributed by atoms with E-state index in [2.05, 4.69) is 0 Å². The molecule has 1 saturated heterocycles. The minimum Gasteiger partial charge on any atom is -0.386 e. The van der Waals surface area contributed by atoms with Crippen LogP contribution < -0.4 is 0 Å². The molecule has 2 unspecified atom stereocenters. The van der Waals surface area contributed by atoms with E-state index in [1.807, 2.05) is 0 Å². The fourth-order valence-electron chi connectivity index (χ4n) is 1.23. The van der Waals surface area contributed by atoms with Crippen molar-refractivity contribution in [3.8, 4) is 0 Å². The molecule has 0 aromatic rings. The highest BCUT2D eigenvalue weighted by Gasteiger charge is 2.19. The van der Waals surface area contributed by atoms with Crippen molar-refractivity contribution in [2.75, 3.05) is 6.61 Å². The van der Waals surface area contributed by atoms with Crippen LogP contribution in [-0.4, -0.2) is 23.9 Å². The SMILES string of the molecule is OC(/C=C/Cl)C1CCCCO1. The zero-order valence-corrected chi connectivity index (χ0v) is 7.13. The first-order valence-electron chi connectivity index (χ1n) is 3.91. The predicted octanol–water partition coefficient (Wildman–Crippen LogP) is 1.67. The average molecular weight is 177 g/mol. The summed E-state index contributed by atoms with van der Waals surface area (Å²) in [5, 5.41) is 9.38. The lowest BCUT2D eigenvalue weighted by Gasteiger charge is -2.24. The van der Waals surface area contributed by atoms with Gasteiger partial charge in [-0.3, -0.25) is 0 Å². The summed E-state index contributed by atoms with van der Waals surface area (Å²) < 4.78 is 5.33. The van der Waals surface area contributed by atoms with E-state index < -0.39 is 6.10 Å². The van der Waals surface area contributed by atoms with Crippen LogP contribution in [0.4, 0.5) is 0 Å². The van der Waals surface area contributed by atoms with Crippen molar-refractivity contribution in [3.05, 3.63) is 11.6 Å². The fourth-order valence-corrected chi connectivity index (χ4v) is 1.38. The van der Waals surface area contributed by atoms with Crippen LogP contribution in [0.1, 0.15) is 19.3 Å². The van der Waals surface area contributed by atoms with Crippen LogP contribution in [0.5, 0.6) is 0 Å². The van der Waals surface area contributed by atoms with Gasteiger partial charge in [-0.05, 0) is 25.3 Å². The number of aliphatic hydroxyl groups is 1. The molecule has 1 fully saturated rings. The molecular formula is C8H13ClO2. The number of hydrogen-bond donors (Lipinski definition) is 1. The maximum atomic E-state index is 9.38. The van der Waals surface area contributed by atoms with Gasteiger partial charge in [0.05, 0.1) is 12.2 Å². The van der Waals surface area contributed by atoms with Crippen LogP contribution in [0.2, 0.25) is 0 Å². The Hall–Kier alpha value is -0.0500. The Kier molecular flexibility index (Phi) is 3.91. The van der Waals surface area contributed by atoms with E-state index in [-0.39, 0.29) is 6.10 Å². The Morgan fingerprint density at radius 2 is 2.36 bits per heavy atom. The molecule has 1 rings (SSSR count). The quantitative estimate of drug-likeness (QED) is 0.694. The van der Waals surface area contributed by atoms with Crippen molar-refractivity contribution in [1.29, 1.82) is 0 Å². The predicted molar refractivity (Wildman–Crippen MR) is 44.6 cm³/mol. The van der Waals surface area contributed by atoms with Crippen molar-refractivity contribution in [1.82, 2.24) is 0 Å². The third-order valence-corrected chi connectivity index (χ3v) is 2.01. The summed E-state index contributed by atoms with van der Waals surface area (Å²) in [6.07, 6.45) is 4.15. The number of halogens is 1. The molecule has 1 N–H and O–H groups in total. The first-order chi connectivity index (χ1) is 5.34. The van der Waals surface area contributed by atoms with Gasteiger partial charge in [-0.1, -0.05) is 11.6 Å². The van der Waals surface area contributed by atoms with Gasteiger partial charge >= 0.3 is 0 Å². The summed E-state index contributed by atoms with van der Waals surface area (Å²) in [6, 6.07) is 0. The highest BCUT2D eigenvalue weighted by Crippen LogP contribution is 2.16. The molecular weight excluding hydrogens is 164 g/mol. The molecule has 0 bridgehead atoms. The van der Waals surface area contributed by atoms with Crippen LogP contribution in [0, 0.1) is 0 Å².